The number of hydrogen-bond donors (Lipinski definition) is 1. The first-order valence-corrected chi connectivity index (χ1v) is 6.97. The van der Waals surface area contributed by atoms with E-state index in [-0.39, 0.29) is 5.75 Å². The maximum absolute atomic E-state index is 10.7. The highest BCUT2D eigenvalue weighted by Gasteiger charge is 2.06. The first-order chi connectivity index (χ1) is 5.95. The number of halogens is 1. The van der Waals surface area contributed by atoms with E-state index >= 15 is 0 Å². The van der Waals surface area contributed by atoms with Gasteiger partial charge in [0.05, 0.1) is 6.10 Å². The highest BCUT2D eigenvalue weighted by atomic mass is 35.5. The lowest BCUT2D eigenvalue weighted by atomic mass is 10.1. The molecule has 0 aromatic rings. The fourth-order valence-corrected chi connectivity index (χ4v) is 1.88. The Kier molecular flexibility index (Phi) is 6.73. The van der Waals surface area contributed by atoms with E-state index in [1.165, 1.54) is 6.26 Å². The third-order valence-electron chi connectivity index (χ3n) is 1.72. The minimum Gasteiger partial charge on any atom is -0.393 e. The SMILES string of the molecule is CS(=O)(=O)CCCC(O)CCCCl. The van der Waals surface area contributed by atoms with Gasteiger partial charge in [0, 0.05) is 17.9 Å². The Morgan fingerprint density at radius 3 is 2.31 bits per heavy atom. The zero-order chi connectivity index (χ0) is 10.3. The monoisotopic (exact) mass is 228 g/mol. The van der Waals surface area contributed by atoms with Crippen molar-refractivity contribution in [2.24, 2.45) is 0 Å². The van der Waals surface area contributed by atoms with Crippen molar-refractivity contribution in [1.82, 2.24) is 0 Å². The van der Waals surface area contributed by atoms with Crippen LogP contribution in [0.4, 0.5) is 0 Å². The molecule has 0 radical (unpaired) electrons. The zero-order valence-electron chi connectivity index (χ0n) is 7.87. The molecule has 3 nitrogen and oxygen atoms in total. The van der Waals surface area contributed by atoms with Crippen molar-refractivity contribution >= 4 is 21.4 Å². The van der Waals surface area contributed by atoms with E-state index in [1.54, 1.807) is 0 Å². The maximum Gasteiger partial charge on any atom is 0.147 e. The normalized spacial score (nSPS) is 14.4. The molecule has 0 spiro atoms. The van der Waals surface area contributed by atoms with Crippen LogP contribution in [0.3, 0.4) is 0 Å². The Labute approximate surface area is 85.0 Å². The van der Waals surface area contributed by atoms with E-state index in [0.717, 1.165) is 6.42 Å². The lowest BCUT2D eigenvalue weighted by Crippen LogP contribution is -2.10. The van der Waals surface area contributed by atoms with Gasteiger partial charge >= 0.3 is 0 Å². The van der Waals surface area contributed by atoms with Crippen molar-refractivity contribution in [3.63, 3.8) is 0 Å². The molecule has 5 heteroatoms. The Morgan fingerprint density at radius 1 is 1.31 bits per heavy atom. The minimum atomic E-state index is -2.88. The van der Waals surface area contributed by atoms with Crippen molar-refractivity contribution in [3.05, 3.63) is 0 Å². The summed E-state index contributed by atoms with van der Waals surface area (Å²) in [5.74, 6) is 0.702. The Hall–Kier alpha value is 0.200. The summed E-state index contributed by atoms with van der Waals surface area (Å²) in [7, 11) is -2.88. The summed E-state index contributed by atoms with van der Waals surface area (Å²) in [6.07, 6.45) is 3.32. The molecule has 13 heavy (non-hydrogen) atoms. The number of aliphatic hydroxyl groups excluding tert-OH is 1. The van der Waals surface area contributed by atoms with Crippen LogP contribution in [0.1, 0.15) is 25.7 Å². The van der Waals surface area contributed by atoms with Crippen LogP contribution in [0.5, 0.6) is 0 Å². The summed E-state index contributed by atoms with van der Waals surface area (Å²) >= 11 is 5.45. The molecule has 80 valence electrons. The van der Waals surface area contributed by atoms with Crippen LogP contribution in [0, 0.1) is 0 Å². The quantitative estimate of drug-likeness (QED) is 0.666. The van der Waals surface area contributed by atoms with Crippen LogP contribution < -0.4 is 0 Å². The summed E-state index contributed by atoms with van der Waals surface area (Å²) in [5, 5.41) is 9.32. The largest absolute Gasteiger partial charge is 0.393 e. The standard InChI is InChI=1S/C8H17ClO3S/c1-13(11,12)7-3-5-8(10)4-2-6-9/h8,10H,2-7H2,1H3. The van der Waals surface area contributed by atoms with Crippen molar-refractivity contribution in [2.45, 2.75) is 31.8 Å². The third-order valence-corrected chi connectivity index (χ3v) is 3.02. The third kappa shape index (κ3) is 10.1. The maximum atomic E-state index is 10.7. The average molecular weight is 229 g/mol. The molecule has 1 N–H and O–H groups in total. The number of hydrogen-bond acceptors (Lipinski definition) is 3. The predicted molar refractivity (Wildman–Crippen MR) is 54.9 cm³/mol. The molecular weight excluding hydrogens is 212 g/mol. The van der Waals surface area contributed by atoms with Crippen LogP contribution in [0.2, 0.25) is 0 Å². The van der Waals surface area contributed by atoms with Crippen molar-refractivity contribution in [3.8, 4) is 0 Å². The van der Waals surface area contributed by atoms with E-state index in [1.807, 2.05) is 0 Å². The van der Waals surface area contributed by atoms with Crippen LogP contribution >= 0.6 is 11.6 Å². The highest BCUT2D eigenvalue weighted by Crippen LogP contribution is 2.06. The van der Waals surface area contributed by atoms with Gasteiger partial charge in [-0.1, -0.05) is 0 Å². The Bertz CT molecular complexity index is 213. The molecule has 0 saturated heterocycles. The minimum absolute atomic E-state index is 0.158. The number of alkyl halides is 1. The van der Waals surface area contributed by atoms with Crippen LogP contribution in [-0.2, 0) is 9.84 Å². The second kappa shape index (κ2) is 6.62. The second-order valence-corrected chi connectivity index (χ2v) is 5.89. The smallest absolute Gasteiger partial charge is 0.147 e. The van der Waals surface area contributed by atoms with Gasteiger partial charge in [0.15, 0.2) is 0 Å². The van der Waals surface area contributed by atoms with Crippen LogP contribution in [0.25, 0.3) is 0 Å². The van der Waals surface area contributed by atoms with E-state index in [4.69, 9.17) is 11.6 Å². The van der Waals surface area contributed by atoms with Crippen molar-refractivity contribution in [1.29, 1.82) is 0 Å². The molecule has 0 aliphatic carbocycles. The molecule has 0 aliphatic heterocycles. The van der Waals surface area contributed by atoms with Gasteiger partial charge in [-0.25, -0.2) is 8.42 Å². The average Bonchev–Trinajstić information content (AvgIpc) is 1.98. The van der Waals surface area contributed by atoms with Gasteiger partial charge in [0.25, 0.3) is 0 Å². The number of aliphatic hydroxyl groups is 1. The molecule has 0 aromatic heterocycles. The van der Waals surface area contributed by atoms with Gasteiger partial charge in [0.1, 0.15) is 9.84 Å². The summed E-state index contributed by atoms with van der Waals surface area (Å²) in [4.78, 5) is 0. The summed E-state index contributed by atoms with van der Waals surface area (Å²) in [6, 6.07) is 0. The summed E-state index contributed by atoms with van der Waals surface area (Å²) in [5.41, 5.74) is 0. The molecule has 1 unspecified atom stereocenters. The van der Waals surface area contributed by atoms with E-state index in [2.05, 4.69) is 0 Å². The first-order valence-electron chi connectivity index (χ1n) is 4.37. The molecule has 1 atom stereocenters. The molecule has 0 rings (SSSR count). The van der Waals surface area contributed by atoms with Gasteiger partial charge in [-0.15, -0.1) is 11.6 Å². The van der Waals surface area contributed by atoms with Crippen molar-refractivity contribution in [2.75, 3.05) is 17.9 Å². The first kappa shape index (κ1) is 13.2. The van der Waals surface area contributed by atoms with Crippen LogP contribution in [0.15, 0.2) is 0 Å². The Morgan fingerprint density at radius 2 is 1.85 bits per heavy atom. The van der Waals surface area contributed by atoms with Crippen LogP contribution in [-0.4, -0.2) is 37.5 Å². The van der Waals surface area contributed by atoms with Gasteiger partial charge in [0.2, 0.25) is 0 Å². The van der Waals surface area contributed by atoms with E-state index < -0.39 is 15.9 Å². The topological polar surface area (TPSA) is 54.4 Å². The zero-order valence-corrected chi connectivity index (χ0v) is 9.44. The molecule has 0 saturated carbocycles. The second-order valence-electron chi connectivity index (χ2n) is 3.26. The molecule has 0 heterocycles. The molecule has 0 aliphatic rings. The molecule has 0 amide bonds. The fraction of sp³-hybridized carbons (Fsp3) is 1.00. The summed E-state index contributed by atoms with van der Waals surface area (Å²) < 4.78 is 21.4. The van der Waals surface area contributed by atoms with Gasteiger partial charge < -0.3 is 5.11 Å². The fourth-order valence-electron chi connectivity index (χ4n) is 1.04. The Balaban J connectivity index is 3.42. The highest BCUT2D eigenvalue weighted by molar-refractivity contribution is 7.90. The number of rotatable bonds is 7. The van der Waals surface area contributed by atoms with Gasteiger partial charge in [-0.2, -0.15) is 0 Å². The van der Waals surface area contributed by atoms with E-state index in [0.29, 0.717) is 25.1 Å². The molecule has 0 aromatic carbocycles. The molecular formula is C8H17ClO3S. The number of sulfone groups is 1. The van der Waals surface area contributed by atoms with Gasteiger partial charge in [-0.3, -0.25) is 0 Å². The predicted octanol–water partition coefficient (Wildman–Crippen LogP) is 1.19. The van der Waals surface area contributed by atoms with E-state index in [9.17, 15) is 13.5 Å². The van der Waals surface area contributed by atoms with Gasteiger partial charge in [-0.05, 0) is 25.7 Å². The summed E-state index contributed by atoms with van der Waals surface area (Å²) in [6.45, 7) is 0. The lowest BCUT2D eigenvalue weighted by Gasteiger charge is -2.08. The molecule has 0 fully saturated rings. The van der Waals surface area contributed by atoms with Crippen molar-refractivity contribution < 1.29 is 13.5 Å². The molecule has 0 bridgehead atoms. The lowest BCUT2D eigenvalue weighted by molar-refractivity contribution is 0.153.